The molecule has 1 fully saturated rings. The number of benzene rings is 2. The summed E-state index contributed by atoms with van der Waals surface area (Å²) in [5, 5.41) is 14.2. The fraction of sp³-hybridized carbons (Fsp3) is 0.238. The Morgan fingerprint density at radius 2 is 2.04 bits per heavy atom. The van der Waals surface area contributed by atoms with Crippen molar-refractivity contribution in [1.82, 2.24) is 4.98 Å². The molecule has 2 N–H and O–H groups in total. The van der Waals surface area contributed by atoms with Crippen LogP contribution in [-0.2, 0) is 11.4 Å². The van der Waals surface area contributed by atoms with Crippen LogP contribution in [0.2, 0.25) is 0 Å². The Balaban J connectivity index is 1.72. The molecule has 0 radical (unpaired) electrons. The molecule has 0 saturated heterocycles. The molecule has 132 valence electrons. The first-order valence-corrected chi connectivity index (χ1v) is 8.66. The molecule has 1 aliphatic carbocycles. The fourth-order valence-electron chi connectivity index (χ4n) is 3.24. The Labute approximate surface area is 150 Å². The molecule has 2 aromatic carbocycles. The Bertz CT molecular complexity index is 1010. The Morgan fingerprint density at radius 3 is 2.77 bits per heavy atom. The first kappa shape index (κ1) is 16.7. The lowest BCUT2D eigenvalue weighted by atomic mass is 9.93. The van der Waals surface area contributed by atoms with Gasteiger partial charge in [0.2, 0.25) is 5.91 Å². The number of rotatable bonds is 4. The smallest absolute Gasteiger partial charge is 0.228 e. The first-order valence-electron chi connectivity index (χ1n) is 8.66. The molecule has 0 spiro atoms. The number of aliphatic hydroxyl groups excluding tert-OH is 1. The molecule has 0 bridgehead atoms. The van der Waals surface area contributed by atoms with E-state index in [9.17, 15) is 14.3 Å². The van der Waals surface area contributed by atoms with Gasteiger partial charge in [0.15, 0.2) is 0 Å². The number of aryl methyl sites for hydroxylation is 1. The molecule has 1 saturated carbocycles. The van der Waals surface area contributed by atoms with Crippen LogP contribution < -0.4 is 5.32 Å². The highest BCUT2D eigenvalue weighted by molar-refractivity contribution is 5.96. The van der Waals surface area contributed by atoms with E-state index < -0.39 is 5.82 Å². The number of amides is 1. The van der Waals surface area contributed by atoms with Crippen molar-refractivity contribution in [3.05, 3.63) is 59.5 Å². The molecule has 1 aromatic heterocycles. The lowest BCUT2D eigenvalue weighted by Crippen LogP contribution is -2.14. The van der Waals surface area contributed by atoms with Gasteiger partial charge >= 0.3 is 0 Å². The third-order valence-electron chi connectivity index (χ3n) is 4.83. The van der Waals surface area contributed by atoms with Gasteiger partial charge in [0.1, 0.15) is 11.6 Å². The van der Waals surface area contributed by atoms with Crippen molar-refractivity contribution in [3.8, 4) is 11.1 Å². The lowest BCUT2D eigenvalue weighted by molar-refractivity contribution is -0.117. The van der Waals surface area contributed by atoms with E-state index in [4.69, 9.17) is 0 Å². The van der Waals surface area contributed by atoms with Crippen LogP contribution in [0, 0.1) is 18.7 Å². The highest BCUT2D eigenvalue weighted by atomic mass is 19.1. The average molecular weight is 350 g/mol. The van der Waals surface area contributed by atoms with E-state index in [0.717, 1.165) is 34.7 Å². The highest BCUT2D eigenvalue weighted by Crippen LogP contribution is 2.33. The van der Waals surface area contributed by atoms with Gasteiger partial charge < -0.3 is 10.4 Å². The summed E-state index contributed by atoms with van der Waals surface area (Å²) in [4.78, 5) is 16.2. The molecule has 1 heterocycles. The quantitative estimate of drug-likeness (QED) is 0.742. The third-order valence-corrected chi connectivity index (χ3v) is 4.83. The zero-order chi connectivity index (χ0) is 18.3. The number of halogens is 1. The van der Waals surface area contributed by atoms with Crippen LogP contribution in [0.15, 0.2) is 42.6 Å². The van der Waals surface area contributed by atoms with Crippen molar-refractivity contribution >= 4 is 22.5 Å². The molecule has 4 rings (SSSR count). The van der Waals surface area contributed by atoms with E-state index >= 15 is 0 Å². The predicted octanol–water partition coefficient (Wildman–Crippen LogP) is 4.19. The second-order valence-electron chi connectivity index (χ2n) is 6.77. The van der Waals surface area contributed by atoms with E-state index in [1.54, 1.807) is 12.3 Å². The maximum Gasteiger partial charge on any atom is 0.228 e. The molecule has 3 aromatic rings. The highest BCUT2D eigenvalue weighted by Gasteiger charge is 2.29. The van der Waals surface area contributed by atoms with Crippen molar-refractivity contribution < 1.29 is 14.3 Å². The predicted molar refractivity (Wildman–Crippen MR) is 99.2 cm³/mol. The summed E-state index contributed by atoms with van der Waals surface area (Å²) in [5.74, 6) is 0.281. The van der Waals surface area contributed by atoms with Crippen molar-refractivity contribution in [3.63, 3.8) is 0 Å². The molecule has 4 nitrogen and oxygen atoms in total. The largest absolute Gasteiger partial charge is 0.392 e. The molecule has 26 heavy (non-hydrogen) atoms. The van der Waals surface area contributed by atoms with Crippen LogP contribution in [0.3, 0.4) is 0 Å². The van der Waals surface area contributed by atoms with Gasteiger partial charge in [-0.3, -0.25) is 4.79 Å². The van der Waals surface area contributed by atoms with Crippen LogP contribution in [0.25, 0.3) is 21.9 Å². The minimum Gasteiger partial charge on any atom is -0.392 e. The molecule has 5 heteroatoms. The van der Waals surface area contributed by atoms with Gasteiger partial charge in [0.25, 0.3) is 0 Å². The summed E-state index contributed by atoms with van der Waals surface area (Å²) >= 11 is 0. The summed E-state index contributed by atoms with van der Waals surface area (Å²) in [6.07, 6.45) is 3.60. The van der Waals surface area contributed by atoms with Crippen molar-refractivity contribution in [2.24, 2.45) is 5.92 Å². The first-order chi connectivity index (χ1) is 12.6. The zero-order valence-electron chi connectivity index (χ0n) is 14.4. The topological polar surface area (TPSA) is 62.2 Å². The SMILES string of the molecule is Cc1ccc(F)c(CO)c1-c1ccc2cc(NC(=O)C3CC3)ncc2c1. The van der Waals surface area contributed by atoms with Crippen LogP contribution >= 0.6 is 0 Å². The summed E-state index contributed by atoms with van der Waals surface area (Å²) in [6.45, 7) is 1.54. The minimum absolute atomic E-state index is 0.0245. The normalized spacial score (nSPS) is 13.8. The molecule has 0 atom stereocenters. The third kappa shape index (κ3) is 3.06. The Morgan fingerprint density at radius 1 is 1.23 bits per heavy atom. The van der Waals surface area contributed by atoms with E-state index in [2.05, 4.69) is 10.3 Å². The van der Waals surface area contributed by atoms with Crippen molar-refractivity contribution in [1.29, 1.82) is 0 Å². The monoisotopic (exact) mass is 350 g/mol. The molecular weight excluding hydrogens is 331 g/mol. The second kappa shape index (κ2) is 6.50. The number of carbonyl (C=O) groups excluding carboxylic acids is 1. The standard InChI is InChI=1S/C21H19FN2O2/c1-12-2-7-18(22)17(11-25)20(12)15-6-5-14-9-19(23-10-16(14)8-15)24-21(26)13-3-4-13/h2,5-10,13,25H,3-4,11H2,1H3,(H,23,24,26). The van der Waals surface area contributed by atoms with Crippen LogP contribution in [0.5, 0.6) is 0 Å². The van der Waals surface area contributed by atoms with Crippen molar-refractivity contribution in [2.45, 2.75) is 26.4 Å². The number of aromatic nitrogens is 1. The summed E-state index contributed by atoms with van der Waals surface area (Å²) in [5.41, 5.74) is 2.73. The maximum atomic E-state index is 14.1. The van der Waals surface area contributed by atoms with Gasteiger partial charge in [-0.05, 0) is 60.0 Å². The average Bonchev–Trinajstić information content (AvgIpc) is 3.48. The van der Waals surface area contributed by atoms with Crippen molar-refractivity contribution in [2.75, 3.05) is 5.32 Å². The number of hydrogen-bond acceptors (Lipinski definition) is 3. The number of carbonyl (C=O) groups is 1. The second-order valence-corrected chi connectivity index (χ2v) is 6.77. The summed E-state index contributed by atoms with van der Waals surface area (Å²) < 4.78 is 14.1. The number of nitrogens with zero attached hydrogens (tertiary/aromatic N) is 1. The van der Waals surface area contributed by atoms with Crippen LogP contribution in [-0.4, -0.2) is 16.0 Å². The number of nitrogens with one attached hydrogen (secondary N) is 1. The zero-order valence-corrected chi connectivity index (χ0v) is 14.4. The maximum absolute atomic E-state index is 14.1. The molecular formula is C21H19FN2O2. The van der Waals surface area contributed by atoms with Gasteiger partial charge in [-0.15, -0.1) is 0 Å². The van der Waals surface area contributed by atoms with Gasteiger partial charge in [-0.1, -0.05) is 18.2 Å². The van der Waals surface area contributed by atoms with Gasteiger partial charge in [0, 0.05) is 23.1 Å². The number of fused-ring (bicyclic) bond motifs is 1. The van der Waals surface area contributed by atoms with E-state index in [1.165, 1.54) is 6.07 Å². The Kier molecular flexibility index (Phi) is 4.17. The van der Waals surface area contributed by atoms with Gasteiger partial charge in [-0.25, -0.2) is 9.37 Å². The van der Waals surface area contributed by atoms with Crippen LogP contribution in [0.1, 0.15) is 24.0 Å². The minimum atomic E-state index is -0.413. The fourth-order valence-corrected chi connectivity index (χ4v) is 3.24. The molecule has 1 aliphatic rings. The summed E-state index contributed by atoms with van der Waals surface area (Å²) in [6, 6.07) is 10.7. The number of aliphatic hydroxyl groups is 1. The van der Waals surface area contributed by atoms with E-state index in [-0.39, 0.29) is 18.4 Å². The van der Waals surface area contributed by atoms with E-state index in [0.29, 0.717) is 16.9 Å². The van der Waals surface area contributed by atoms with E-state index in [1.807, 2.05) is 31.2 Å². The van der Waals surface area contributed by atoms with Crippen LogP contribution in [0.4, 0.5) is 10.2 Å². The molecule has 1 amide bonds. The van der Waals surface area contributed by atoms with Gasteiger partial charge in [-0.2, -0.15) is 0 Å². The number of hydrogen-bond donors (Lipinski definition) is 2. The molecule has 0 aliphatic heterocycles. The number of pyridine rings is 1. The van der Waals surface area contributed by atoms with Gasteiger partial charge in [0.05, 0.1) is 6.61 Å². The lowest BCUT2D eigenvalue weighted by Gasteiger charge is -2.13. The number of anilines is 1. The Hall–Kier alpha value is -2.79. The summed E-state index contributed by atoms with van der Waals surface area (Å²) in [7, 11) is 0. The molecule has 0 unspecified atom stereocenters.